The third kappa shape index (κ3) is 4.69. The number of oxazole rings is 2. The number of aromatic nitrogens is 2. The minimum absolute atomic E-state index is 0. The van der Waals surface area contributed by atoms with Crippen LogP contribution in [0.5, 0.6) is 11.5 Å². The number of phenols is 2. The van der Waals surface area contributed by atoms with Gasteiger partial charge < -0.3 is 19.0 Å². The second-order valence-electron chi connectivity index (χ2n) is 7.01. The molecule has 0 saturated heterocycles. The summed E-state index contributed by atoms with van der Waals surface area (Å²) in [6.07, 6.45) is 0. The Hall–Kier alpha value is -3.81. The molecule has 2 aromatic heterocycles. The van der Waals surface area contributed by atoms with Crippen LogP contribution < -0.4 is 0 Å². The van der Waals surface area contributed by atoms with Gasteiger partial charge in [-0.15, -0.1) is 0 Å². The molecule has 2 N–H and O–H groups in total. The van der Waals surface area contributed by atoms with E-state index in [9.17, 15) is 10.2 Å². The van der Waals surface area contributed by atoms with Crippen LogP contribution >= 0.6 is 0 Å². The number of fused-ring (bicyclic) bond motifs is 2. The summed E-state index contributed by atoms with van der Waals surface area (Å²) in [5, 5.41) is 19.4. The summed E-state index contributed by atoms with van der Waals surface area (Å²) in [4.78, 5) is 8.63. The van der Waals surface area contributed by atoms with Crippen LogP contribution in [0.2, 0.25) is 0 Å². The first-order valence-corrected chi connectivity index (χ1v) is 9.97. The molecule has 0 aliphatic heterocycles. The van der Waals surface area contributed by atoms with Crippen LogP contribution in [0.1, 0.15) is 0 Å². The van der Waals surface area contributed by atoms with Gasteiger partial charge in [-0.1, -0.05) is 48.5 Å². The first-order valence-electron chi connectivity index (χ1n) is 9.97. The van der Waals surface area contributed by atoms with E-state index in [1.54, 1.807) is 36.4 Å². The molecule has 6 rings (SSSR count). The lowest BCUT2D eigenvalue weighted by Crippen LogP contribution is -1.77. The third-order valence-corrected chi connectivity index (χ3v) is 4.86. The highest BCUT2D eigenvalue weighted by molar-refractivity contribution is 5.78. The van der Waals surface area contributed by atoms with Crippen LogP contribution in [0.15, 0.2) is 106 Å². The fourth-order valence-corrected chi connectivity index (χ4v) is 3.28. The Morgan fingerprint density at radius 2 is 0.848 bits per heavy atom. The standard InChI is InChI=1S/2C13H9NO2.Mg.2H/c2*15-11-7-3-1-5-9(11)13-14-10-6-2-4-8-12(10)16-13;;;/h2*1-8,15H;;;. The number of phenolic OH excluding ortho intramolecular Hbond substituents is 2. The van der Waals surface area contributed by atoms with Gasteiger partial charge in [0.2, 0.25) is 11.8 Å². The molecule has 0 radical (unpaired) electrons. The van der Waals surface area contributed by atoms with Crippen molar-refractivity contribution in [1.29, 1.82) is 0 Å². The van der Waals surface area contributed by atoms with Gasteiger partial charge in [0.05, 0.1) is 11.1 Å². The van der Waals surface area contributed by atoms with E-state index in [0.29, 0.717) is 22.9 Å². The zero-order valence-corrected chi connectivity index (χ0v) is 16.8. The van der Waals surface area contributed by atoms with Crippen molar-refractivity contribution in [2.24, 2.45) is 0 Å². The number of hydrogen-bond donors (Lipinski definition) is 2. The number of benzene rings is 4. The number of aromatic hydroxyl groups is 2. The van der Waals surface area contributed by atoms with Gasteiger partial charge in [-0.3, -0.25) is 0 Å². The van der Waals surface area contributed by atoms with Gasteiger partial charge in [-0.25, -0.2) is 9.97 Å². The van der Waals surface area contributed by atoms with E-state index in [1.807, 2.05) is 60.7 Å². The SMILES string of the molecule is Oc1ccccc1-c1nc2ccccc2o1.Oc1ccccc1-c1nc2ccccc2o1.[MgH2]. The quantitative estimate of drug-likeness (QED) is 0.340. The van der Waals surface area contributed by atoms with Gasteiger partial charge in [-0.05, 0) is 48.5 Å². The lowest BCUT2D eigenvalue weighted by atomic mass is 10.2. The maximum absolute atomic E-state index is 9.69. The van der Waals surface area contributed by atoms with Crippen molar-refractivity contribution in [2.75, 3.05) is 0 Å². The Kier molecular flexibility index (Phi) is 6.62. The lowest BCUT2D eigenvalue weighted by molar-refractivity contribution is 0.473. The molecule has 0 spiro atoms. The molecule has 0 aliphatic rings. The maximum Gasteiger partial charge on any atom is 0.316 e. The van der Waals surface area contributed by atoms with E-state index in [0.717, 1.165) is 22.2 Å². The highest BCUT2D eigenvalue weighted by Gasteiger charge is 2.11. The molecular formula is C26H20MgN2O4. The van der Waals surface area contributed by atoms with Crippen LogP contribution in [-0.4, -0.2) is 43.2 Å². The summed E-state index contributed by atoms with van der Waals surface area (Å²) >= 11 is 0. The minimum Gasteiger partial charge on any atom is -0.507 e. The topological polar surface area (TPSA) is 92.5 Å². The monoisotopic (exact) mass is 448 g/mol. The molecule has 2 heterocycles. The van der Waals surface area contributed by atoms with Crippen molar-refractivity contribution < 1.29 is 19.0 Å². The number of rotatable bonds is 2. The number of nitrogens with zero attached hydrogens (tertiary/aromatic N) is 2. The Bertz CT molecular complexity index is 1340. The maximum atomic E-state index is 9.69. The molecule has 0 amide bonds. The average molecular weight is 449 g/mol. The summed E-state index contributed by atoms with van der Waals surface area (Å²) in [6, 6.07) is 29.0. The fourth-order valence-electron chi connectivity index (χ4n) is 3.28. The van der Waals surface area contributed by atoms with Crippen molar-refractivity contribution in [2.45, 2.75) is 0 Å². The first-order chi connectivity index (χ1) is 15.7. The lowest BCUT2D eigenvalue weighted by Gasteiger charge is -1.97. The van der Waals surface area contributed by atoms with Gasteiger partial charge >= 0.3 is 23.1 Å². The largest absolute Gasteiger partial charge is 0.507 e. The van der Waals surface area contributed by atoms with Crippen LogP contribution in [0.4, 0.5) is 0 Å². The molecule has 4 aromatic carbocycles. The van der Waals surface area contributed by atoms with E-state index in [-0.39, 0.29) is 34.6 Å². The Morgan fingerprint density at radius 1 is 0.485 bits per heavy atom. The van der Waals surface area contributed by atoms with Crippen molar-refractivity contribution in [3.8, 4) is 34.4 Å². The molecule has 6 nitrogen and oxygen atoms in total. The van der Waals surface area contributed by atoms with E-state index < -0.39 is 0 Å². The van der Waals surface area contributed by atoms with Gasteiger partial charge in [0, 0.05) is 0 Å². The molecule has 0 fully saturated rings. The number of hydrogen-bond acceptors (Lipinski definition) is 6. The molecule has 0 aliphatic carbocycles. The second-order valence-corrected chi connectivity index (χ2v) is 7.01. The summed E-state index contributed by atoms with van der Waals surface area (Å²) in [6.45, 7) is 0. The van der Waals surface area contributed by atoms with Crippen LogP contribution in [0.3, 0.4) is 0 Å². The third-order valence-electron chi connectivity index (χ3n) is 4.86. The van der Waals surface area contributed by atoms with Crippen molar-refractivity contribution in [1.82, 2.24) is 9.97 Å². The molecule has 0 atom stereocenters. The Balaban J connectivity index is 0.000000152. The molecule has 0 unspecified atom stereocenters. The Morgan fingerprint density at radius 3 is 1.24 bits per heavy atom. The van der Waals surface area contributed by atoms with Crippen LogP contribution in [-0.2, 0) is 0 Å². The summed E-state index contributed by atoms with van der Waals surface area (Å²) < 4.78 is 11.1. The summed E-state index contributed by atoms with van der Waals surface area (Å²) in [7, 11) is 0. The molecule has 160 valence electrons. The highest BCUT2D eigenvalue weighted by atomic mass is 24.3. The highest BCUT2D eigenvalue weighted by Crippen LogP contribution is 2.31. The van der Waals surface area contributed by atoms with E-state index in [1.165, 1.54) is 0 Å². The number of para-hydroxylation sites is 6. The first kappa shape index (κ1) is 22.4. The average Bonchev–Trinajstić information content (AvgIpc) is 3.44. The molecule has 33 heavy (non-hydrogen) atoms. The van der Waals surface area contributed by atoms with Crippen LogP contribution in [0, 0.1) is 0 Å². The molecule has 0 bridgehead atoms. The zero-order valence-electron chi connectivity index (χ0n) is 16.8. The molecule has 6 aromatic rings. The van der Waals surface area contributed by atoms with Crippen LogP contribution in [0.25, 0.3) is 45.1 Å². The summed E-state index contributed by atoms with van der Waals surface area (Å²) in [5.41, 5.74) is 4.25. The second kappa shape index (κ2) is 9.77. The fraction of sp³-hybridized carbons (Fsp3) is 0. The van der Waals surface area contributed by atoms with E-state index in [4.69, 9.17) is 8.83 Å². The van der Waals surface area contributed by atoms with E-state index in [2.05, 4.69) is 9.97 Å². The van der Waals surface area contributed by atoms with Gasteiger partial charge in [0.25, 0.3) is 0 Å². The molecule has 7 heteroatoms. The summed E-state index contributed by atoms with van der Waals surface area (Å²) in [5.74, 6) is 1.24. The van der Waals surface area contributed by atoms with Gasteiger partial charge in [0.1, 0.15) is 22.5 Å². The zero-order chi connectivity index (χ0) is 21.9. The predicted octanol–water partition coefficient (Wildman–Crippen LogP) is 5.48. The smallest absolute Gasteiger partial charge is 0.316 e. The van der Waals surface area contributed by atoms with Crippen molar-refractivity contribution in [3.63, 3.8) is 0 Å². The van der Waals surface area contributed by atoms with Crippen molar-refractivity contribution in [3.05, 3.63) is 97.1 Å². The minimum atomic E-state index is 0. The molecular weight excluding hydrogens is 429 g/mol. The van der Waals surface area contributed by atoms with Gasteiger partial charge in [0.15, 0.2) is 11.2 Å². The van der Waals surface area contributed by atoms with E-state index >= 15 is 0 Å². The molecule has 0 saturated carbocycles. The van der Waals surface area contributed by atoms with Gasteiger partial charge in [-0.2, -0.15) is 0 Å². The predicted molar refractivity (Wildman–Crippen MR) is 131 cm³/mol. The normalized spacial score (nSPS) is 10.4. The van der Waals surface area contributed by atoms with Crippen molar-refractivity contribution >= 4 is 45.3 Å². The Labute approximate surface area is 205 Å².